The molecule has 3 heterocycles. The van der Waals surface area contributed by atoms with Crippen LogP contribution in [-0.4, -0.2) is 93.5 Å². The lowest BCUT2D eigenvalue weighted by Gasteiger charge is -2.37. The topological polar surface area (TPSA) is 162 Å². The maximum absolute atomic E-state index is 12.7. The van der Waals surface area contributed by atoms with Gasteiger partial charge in [0.05, 0.1) is 11.9 Å². The predicted molar refractivity (Wildman–Crippen MR) is 171 cm³/mol. The fourth-order valence-electron chi connectivity index (χ4n) is 5.81. The summed E-state index contributed by atoms with van der Waals surface area (Å²) in [6.45, 7) is 10.9. The van der Waals surface area contributed by atoms with Gasteiger partial charge in [0.1, 0.15) is 22.4 Å². The third-order valence-electron chi connectivity index (χ3n) is 8.01. The molecule has 0 aromatic carbocycles. The first-order valence-electron chi connectivity index (χ1n) is 14.9. The second-order valence-electron chi connectivity index (χ2n) is 13.1. The minimum Gasteiger partial charge on any atom is -0.444 e. The van der Waals surface area contributed by atoms with Crippen molar-refractivity contribution in [2.75, 3.05) is 38.6 Å². The number of nitriles is 1. The molecule has 1 fully saturated rings. The van der Waals surface area contributed by atoms with E-state index in [9.17, 15) is 20.3 Å². The summed E-state index contributed by atoms with van der Waals surface area (Å²) in [6, 6.07) is 3.59. The Balaban J connectivity index is 1.56. The number of fused-ring (bicyclic) bond motifs is 1. The molecule has 1 aliphatic heterocycles. The smallest absolute Gasteiger partial charge is 0.410 e. The fraction of sp³-hybridized carbons (Fsp3) is 0.613. The van der Waals surface area contributed by atoms with Crippen LogP contribution >= 0.6 is 11.3 Å². The van der Waals surface area contributed by atoms with Crippen molar-refractivity contribution in [3.8, 4) is 6.07 Å². The highest BCUT2D eigenvalue weighted by Crippen LogP contribution is 2.49. The van der Waals surface area contributed by atoms with Crippen LogP contribution < -0.4 is 4.90 Å². The average molecular weight is 625 g/mol. The number of aliphatic imine (C=N–C) groups is 1. The quantitative estimate of drug-likeness (QED) is 0.232. The molecule has 13 heteroatoms. The fourth-order valence-corrected chi connectivity index (χ4v) is 7.07. The molecule has 0 saturated carbocycles. The highest BCUT2D eigenvalue weighted by Gasteiger charge is 2.44. The molecule has 4 rings (SSSR count). The number of anilines is 1. The van der Waals surface area contributed by atoms with E-state index in [1.807, 2.05) is 53.6 Å². The zero-order chi connectivity index (χ0) is 32.4. The second-order valence-corrected chi connectivity index (χ2v) is 14.2. The van der Waals surface area contributed by atoms with Crippen molar-refractivity contribution in [2.24, 2.45) is 4.99 Å². The first-order chi connectivity index (χ1) is 20.6. The first kappa shape index (κ1) is 33.3. The molecule has 238 valence electrons. The Morgan fingerprint density at radius 2 is 2.07 bits per heavy atom. The van der Waals surface area contributed by atoms with Crippen molar-refractivity contribution in [1.82, 2.24) is 19.8 Å². The van der Waals surface area contributed by atoms with Gasteiger partial charge in [-0.05, 0) is 65.0 Å². The molecule has 3 N–H and O–H groups in total. The molecule has 12 nitrogen and oxygen atoms in total. The van der Waals surface area contributed by atoms with Crippen molar-refractivity contribution in [2.45, 2.75) is 89.6 Å². The first-order valence-corrected chi connectivity index (χ1v) is 15.7. The SMILES string of the molecule is C[C@H]1CN(C(=O)OC(C)(C)C)CCCN1c1nccc(C(O)(O)CC(=N)[C@@]2(C)CCCc3sc(/N=C/N(C)C)c(C#N)c32)n1. The van der Waals surface area contributed by atoms with E-state index < -0.39 is 23.2 Å². The van der Waals surface area contributed by atoms with Gasteiger partial charge in [0.2, 0.25) is 11.7 Å². The summed E-state index contributed by atoms with van der Waals surface area (Å²) < 4.78 is 5.57. The Kier molecular flexibility index (Phi) is 9.68. The molecule has 1 amide bonds. The highest BCUT2D eigenvalue weighted by atomic mass is 32.1. The third-order valence-corrected chi connectivity index (χ3v) is 9.16. The number of rotatable bonds is 7. The zero-order valence-corrected chi connectivity index (χ0v) is 27.5. The van der Waals surface area contributed by atoms with Gasteiger partial charge in [0, 0.05) is 68.4 Å². The number of nitrogens with one attached hydrogen (secondary N) is 1. The molecule has 2 aromatic heterocycles. The van der Waals surface area contributed by atoms with Crippen LogP contribution in [0.1, 0.15) is 82.0 Å². The molecule has 0 unspecified atom stereocenters. The zero-order valence-electron chi connectivity index (χ0n) is 26.7. The summed E-state index contributed by atoms with van der Waals surface area (Å²) in [4.78, 5) is 32.6. The van der Waals surface area contributed by atoms with Gasteiger partial charge in [0.25, 0.3) is 0 Å². The second kappa shape index (κ2) is 12.8. The Hall–Kier alpha value is -3.60. The maximum Gasteiger partial charge on any atom is 0.410 e. The number of aliphatic hydroxyl groups is 2. The summed E-state index contributed by atoms with van der Waals surface area (Å²) in [5, 5.41) is 42.5. The van der Waals surface area contributed by atoms with Gasteiger partial charge in [-0.25, -0.2) is 19.8 Å². The Morgan fingerprint density at radius 3 is 2.73 bits per heavy atom. The van der Waals surface area contributed by atoms with Gasteiger partial charge in [-0.15, -0.1) is 11.3 Å². The summed E-state index contributed by atoms with van der Waals surface area (Å²) in [7, 11) is 3.71. The van der Waals surface area contributed by atoms with Gasteiger partial charge < -0.3 is 35.1 Å². The lowest BCUT2D eigenvalue weighted by molar-refractivity contribution is -0.166. The van der Waals surface area contributed by atoms with Gasteiger partial charge in [-0.1, -0.05) is 6.92 Å². The largest absolute Gasteiger partial charge is 0.444 e. The lowest BCUT2D eigenvalue weighted by Crippen LogP contribution is -2.44. The summed E-state index contributed by atoms with van der Waals surface area (Å²) >= 11 is 1.46. The number of hydrogen-bond donors (Lipinski definition) is 3. The number of aromatic nitrogens is 2. The van der Waals surface area contributed by atoms with Gasteiger partial charge in [-0.3, -0.25) is 0 Å². The molecule has 0 bridgehead atoms. The standard InChI is InChI=1S/C31H44N8O4S/c1-20-18-38(28(40)43-29(2,3)4)14-9-15-39(20)27-34-13-11-24(36-27)31(41,42)16-23(33)30(5)12-8-10-22-25(30)21(17-32)26(44-22)35-19-37(6)7/h11,13,19-20,33,41-42H,8-10,12,14-16,18H2,1-7H3/b33-23?,35-19+/t20-,30+/m0/s1. The molecule has 1 aliphatic carbocycles. The Morgan fingerprint density at radius 1 is 1.34 bits per heavy atom. The van der Waals surface area contributed by atoms with Gasteiger partial charge >= 0.3 is 6.09 Å². The van der Waals surface area contributed by atoms with Gasteiger partial charge in [-0.2, -0.15) is 5.26 Å². The van der Waals surface area contributed by atoms with E-state index >= 15 is 0 Å². The minimum absolute atomic E-state index is 0.0191. The van der Waals surface area contributed by atoms with Crippen molar-refractivity contribution in [1.29, 1.82) is 10.7 Å². The monoisotopic (exact) mass is 624 g/mol. The molecule has 44 heavy (non-hydrogen) atoms. The number of carbonyl (C=O) groups is 1. The van der Waals surface area contributed by atoms with Crippen LogP contribution in [0.2, 0.25) is 0 Å². The van der Waals surface area contributed by atoms with E-state index in [2.05, 4.69) is 21.0 Å². The molecular weight excluding hydrogens is 580 g/mol. The van der Waals surface area contributed by atoms with E-state index in [0.717, 1.165) is 23.3 Å². The highest BCUT2D eigenvalue weighted by molar-refractivity contribution is 7.16. The summed E-state index contributed by atoms with van der Waals surface area (Å²) in [6.07, 6.45) is 5.23. The van der Waals surface area contributed by atoms with Crippen LogP contribution in [-0.2, 0) is 22.4 Å². The van der Waals surface area contributed by atoms with Gasteiger partial charge in [0.15, 0.2) is 0 Å². The van der Waals surface area contributed by atoms with Crippen LogP contribution in [0.25, 0.3) is 0 Å². The van der Waals surface area contributed by atoms with Crippen LogP contribution in [0.3, 0.4) is 0 Å². The van der Waals surface area contributed by atoms with Crippen molar-refractivity contribution >= 4 is 40.4 Å². The molecular formula is C31H44N8O4S. The Bertz CT molecular complexity index is 1460. The lowest BCUT2D eigenvalue weighted by atomic mass is 9.68. The minimum atomic E-state index is -2.44. The molecule has 0 radical (unpaired) electrons. The third kappa shape index (κ3) is 7.20. The number of aryl methyl sites for hydroxylation is 1. The molecule has 2 aromatic rings. The average Bonchev–Trinajstić information content (AvgIpc) is 3.19. The van der Waals surface area contributed by atoms with Crippen molar-refractivity contribution < 1.29 is 19.7 Å². The Labute approximate surface area is 263 Å². The van der Waals surface area contributed by atoms with Crippen LogP contribution in [0.15, 0.2) is 17.3 Å². The molecule has 1 saturated heterocycles. The predicted octanol–water partition coefficient (Wildman–Crippen LogP) is 4.31. The maximum atomic E-state index is 12.7. The number of ether oxygens (including phenoxy) is 1. The number of carbonyl (C=O) groups excluding carboxylic acids is 1. The summed E-state index contributed by atoms with van der Waals surface area (Å²) in [5.41, 5.74) is -0.165. The van der Waals surface area contributed by atoms with E-state index in [-0.39, 0.29) is 23.5 Å². The van der Waals surface area contributed by atoms with Crippen LogP contribution in [0, 0.1) is 16.7 Å². The van der Waals surface area contributed by atoms with Crippen molar-refractivity contribution in [3.63, 3.8) is 0 Å². The van der Waals surface area contributed by atoms with Crippen LogP contribution in [0.5, 0.6) is 0 Å². The number of nitrogens with zero attached hydrogens (tertiary/aromatic N) is 7. The normalized spacial score (nSPS) is 21.0. The van der Waals surface area contributed by atoms with Crippen molar-refractivity contribution in [3.05, 3.63) is 34.0 Å². The molecule has 0 spiro atoms. The molecule has 2 aliphatic rings. The number of thiophene rings is 1. The number of amides is 1. The van der Waals surface area contributed by atoms with E-state index in [1.165, 1.54) is 23.6 Å². The molecule has 2 atom stereocenters. The van der Waals surface area contributed by atoms with E-state index in [0.29, 0.717) is 49.0 Å². The van der Waals surface area contributed by atoms with E-state index in [1.54, 1.807) is 16.1 Å². The number of hydrogen-bond acceptors (Lipinski definition) is 11. The summed E-state index contributed by atoms with van der Waals surface area (Å²) in [5.74, 6) is -2.12. The van der Waals surface area contributed by atoms with E-state index in [4.69, 9.17) is 10.1 Å². The van der Waals surface area contributed by atoms with Crippen LogP contribution in [0.4, 0.5) is 15.7 Å².